The van der Waals surface area contributed by atoms with E-state index in [0.717, 1.165) is 12.8 Å². The maximum absolute atomic E-state index is 11.4. The molecule has 0 saturated heterocycles. The number of nitrogens with one attached hydrogen (secondary N) is 3. The maximum atomic E-state index is 11.4. The maximum Gasteiger partial charge on any atom is 0.422 e. The molecule has 0 rings (SSSR count). The van der Waals surface area contributed by atoms with Gasteiger partial charge >= 0.3 is 22.3 Å². The summed E-state index contributed by atoms with van der Waals surface area (Å²) in [7, 11) is -4.30. The number of hydrogen-bond donors (Lipinski definition) is 3. The summed E-state index contributed by atoms with van der Waals surface area (Å²) in [5.74, 6) is 0. The second kappa shape index (κ2) is 12.9. The van der Waals surface area contributed by atoms with Gasteiger partial charge in [0.25, 0.3) is 0 Å². The first-order chi connectivity index (χ1) is 10.9. The Balaban J connectivity index is 3.68. The monoisotopic (exact) mass is 355 g/mol. The third-order valence-corrected chi connectivity index (χ3v) is 3.17. The highest BCUT2D eigenvalue weighted by atomic mass is 32.2. The molecule has 3 N–H and O–H groups in total. The van der Waals surface area contributed by atoms with Gasteiger partial charge < -0.3 is 19.5 Å². The van der Waals surface area contributed by atoms with E-state index in [9.17, 15) is 18.0 Å². The van der Waals surface area contributed by atoms with Crippen molar-refractivity contribution < 1.29 is 32.2 Å². The standard InChI is InChI=1S/C12H25N3O7S/c1-3-20-8-5-6-9-21-10-7-13-11(16)14-23(18,19)15-12(17)22-4-2/h3-10H2,1-2H3,(H,15,17)(H2,13,14,16). The third kappa shape index (κ3) is 13.8. The van der Waals surface area contributed by atoms with Crippen LogP contribution in [0.1, 0.15) is 26.7 Å². The second-order valence-electron chi connectivity index (χ2n) is 4.20. The topological polar surface area (TPSA) is 132 Å². The Kier molecular flexibility index (Phi) is 12.0. The van der Waals surface area contributed by atoms with Gasteiger partial charge in [-0.15, -0.1) is 0 Å². The number of rotatable bonds is 12. The van der Waals surface area contributed by atoms with Crippen LogP contribution in [0.2, 0.25) is 0 Å². The molecule has 0 fully saturated rings. The Morgan fingerprint density at radius 2 is 1.57 bits per heavy atom. The summed E-state index contributed by atoms with van der Waals surface area (Å²) in [5.41, 5.74) is 0. The molecule has 0 aromatic rings. The van der Waals surface area contributed by atoms with Crippen molar-refractivity contribution in [2.24, 2.45) is 0 Å². The highest BCUT2D eigenvalue weighted by Crippen LogP contribution is 1.91. The first-order valence-electron chi connectivity index (χ1n) is 7.32. The molecule has 0 heterocycles. The molecule has 3 amide bonds. The summed E-state index contributed by atoms with van der Waals surface area (Å²) < 4.78 is 40.7. The predicted molar refractivity (Wildman–Crippen MR) is 82.2 cm³/mol. The zero-order chi connectivity index (χ0) is 17.6. The Hall–Kier alpha value is -1.59. The summed E-state index contributed by atoms with van der Waals surface area (Å²) in [4.78, 5) is 22.3. The van der Waals surface area contributed by atoms with E-state index in [4.69, 9.17) is 9.47 Å². The smallest absolute Gasteiger partial charge is 0.422 e. The van der Waals surface area contributed by atoms with E-state index < -0.39 is 22.3 Å². The molecule has 0 aromatic heterocycles. The van der Waals surface area contributed by atoms with Gasteiger partial charge in [-0.25, -0.2) is 19.0 Å². The summed E-state index contributed by atoms with van der Waals surface area (Å²) in [6, 6.07) is -0.971. The molecule has 0 spiro atoms. The van der Waals surface area contributed by atoms with E-state index in [1.54, 1.807) is 4.72 Å². The number of carbonyl (C=O) groups is 2. The Morgan fingerprint density at radius 1 is 0.913 bits per heavy atom. The molecule has 0 atom stereocenters. The van der Waals surface area contributed by atoms with E-state index in [2.05, 4.69) is 10.1 Å². The lowest BCUT2D eigenvalue weighted by atomic mass is 10.3. The lowest BCUT2D eigenvalue weighted by Gasteiger charge is -2.09. The zero-order valence-corrected chi connectivity index (χ0v) is 14.2. The van der Waals surface area contributed by atoms with E-state index >= 15 is 0 Å². The molecule has 0 aliphatic rings. The number of amides is 3. The first kappa shape index (κ1) is 21.4. The Labute approximate surface area is 136 Å². The third-order valence-electron chi connectivity index (χ3n) is 2.28. The van der Waals surface area contributed by atoms with Crippen molar-refractivity contribution in [3.8, 4) is 0 Å². The number of carbonyl (C=O) groups excluding carboxylic acids is 2. The summed E-state index contributed by atoms with van der Waals surface area (Å²) in [6.07, 6.45) is 0.562. The van der Waals surface area contributed by atoms with Gasteiger partial charge in [0.15, 0.2) is 0 Å². The van der Waals surface area contributed by atoms with E-state index in [1.165, 1.54) is 11.6 Å². The van der Waals surface area contributed by atoms with Gasteiger partial charge in [-0.05, 0) is 26.7 Å². The molecule has 0 saturated carbocycles. The molecular formula is C12H25N3O7S. The molecule has 0 aliphatic carbocycles. The first-order valence-corrected chi connectivity index (χ1v) is 8.80. The number of hydrogen-bond acceptors (Lipinski definition) is 7. The molecule has 10 nitrogen and oxygen atoms in total. The van der Waals surface area contributed by atoms with Gasteiger partial charge in [-0.3, -0.25) is 0 Å². The van der Waals surface area contributed by atoms with Crippen molar-refractivity contribution in [2.45, 2.75) is 26.7 Å². The van der Waals surface area contributed by atoms with Crippen molar-refractivity contribution >= 4 is 22.3 Å². The van der Waals surface area contributed by atoms with Gasteiger partial charge in [-0.1, -0.05) is 0 Å². The van der Waals surface area contributed by atoms with Crippen LogP contribution >= 0.6 is 0 Å². The van der Waals surface area contributed by atoms with Gasteiger partial charge in [0.1, 0.15) is 0 Å². The van der Waals surface area contributed by atoms with Crippen LogP contribution in [0.5, 0.6) is 0 Å². The molecule has 0 radical (unpaired) electrons. The quantitative estimate of drug-likeness (QED) is 0.423. The highest BCUT2D eigenvalue weighted by molar-refractivity contribution is 7.88. The highest BCUT2D eigenvalue weighted by Gasteiger charge is 2.17. The van der Waals surface area contributed by atoms with Crippen LogP contribution in [0.25, 0.3) is 0 Å². The number of ether oxygens (including phenoxy) is 3. The van der Waals surface area contributed by atoms with Crippen LogP contribution in [0.15, 0.2) is 0 Å². The SMILES string of the molecule is CCOCCCCOCCNC(=O)NS(=O)(=O)NC(=O)OCC. The van der Waals surface area contributed by atoms with Crippen molar-refractivity contribution in [3.63, 3.8) is 0 Å². The van der Waals surface area contributed by atoms with Crippen molar-refractivity contribution in [1.29, 1.82) is 0 Å². The van der Waals surface area contributed by atoms with Gasteiger partial charge in [-0.2, -0.15) is 8.42 Å². The van der Waals surface area contributed by atoms with Gasteiger partial charge in [0, 0.05) is 26.4 Å². The second-order valence-corrected chi connectivity index (χ2v) is 5.62. The molecule has 0 aliphatic heterocycles. The fourth-order valence-electron chi connectivity index (χ4n) is 1.35. The normalized spacial score (nSPS) is 10.9. The van der Waals surface area contributed by atoms with Crippen LogP contribution in [-0.4, -0.2) is 60.1 Å². The van der Waals surface area contributed by atoms with Crippen molar-refractivity contribution in [2.75, 3.05) is 39.6 Å². The van der Waals surface area contributed by atoms with E-state index in [0.29, 0.717) is 19.8 Å². The molecule has 0 aromatic carbocycles. The zero-order valence-electron chi connectivity index (χ0n) is 13.4. The minimum absolute atomic E-state index is 0.00938. The van der Waals surface area contributed by atoms with Crippen LogP contribution in [-0.2, 0) is 24.4 Å². The minimum atomic E-state index is -4.30. The molecule has 0 unspecified atom stereocenters. The average Bonchev–Trinajstić information content (AvgIpc) is 2.44. The molecular weight excluding hydrogens is 330 g/mol. The van der Waals surface area contributed by atoms with E-state index in [1.807, 2.05) is 6.92 Å². The van der Waals surface area contributed by atoms with E-state index in [-0.39, 0.29) is 19.8 Å². The predicted octanol–water partition coefficient (Wildman–Crippen LogP) is 0.110. The Bertz CT molecular complexity index is 442. The lowest BCUT2D eigenvalue weighted by Crippen LogP contribution is -2.47. The van der Waals surface area contributed by atoms with Crippen LogP contribution in [0.4, 0.5) is 9.59 Å². The van der Waals surface area contributed by atoms with Crippen LogP contribution in [0, 0.1) is 0 Å². The Morgan fingerprint density at radius 3 is 2.17 bits per heavy atom. The average molecular weight is 355 g/mol. The van der Waals surface area contributed by atoms with Crippen LogP contribution < -0.4 is 14.8 Å². The number of unbranched alkanes of at least 4 members (excludes halogenated alkanes) is 1. The molecule has 11 heteroatoms. The lowest BCUT2D eigenvalue weighted by molar-refractivity contribution is 0.110. The summed E-state index contributed by atoms with van der Waals surface area (Å²) in [5, 5.41) is 2.28. The summed E-state index contributed by atoms with van der Waals surface area (Å²) in [6.45, 7) is 5.73. The summed E-state index contributed by atoms with van der Waals surface area (Å²) >= 11 is 0. The van der Waals surface area contributed by atoms with Gasteiger partial charge in [0.05, 0.1) is 13.2 Å². The molecule has 23 heavy (non-hydrogen) atoms. The van der Waals surface area contributed by atoms with Crippen LogP contribution in [0.3, 0.4) is 0 Å². The van der Waals surface area contributed by atoms with Gasteiger partial charge in [0.2, 0.25) is 0 Å². The van der Waals surface area contributed by atoms with Crippen molar-refractivity contribution in [3.05, 3.63) is 0 Å². The number of urea groups is 1. The minimum Gasteiger partial charge on any atom is -0.449 e. The molecule has 136 valence electrons. The van der Waals surface area contributed by atoms with Crippen molar-refractivity contribution in [1.82, 2.24) is 14.8 Å². The fraction of sp³-hybridized carbons (Fsp3) is 0.833. The molecule has 0 bridgehead atoms. The largest absolute Gasteiger partial charge is 0.449 e. The fourth-order valence-corrected chi connectivity index (χ4v) is 1.99.